The lowest BCUT2D eigenvalue weighted by molar-refractivity contribution is 1.52. The van der Waals surface area contributed by atoms with Gasteiger partial charge in [0.1, 0.15) is 0 Å². The van der Waals surface area contributed by atoms with Crippen LogP contribution in [0.15, 0.2) is 54.6 Å². The molecule has 2 nitrogen and oxygen atoms in total. The van der Waals surface area contributed by atoms with Gasteiger partial charge in [-0.2, -0.15) is 5.26 Å². The summed E-state index contributed by atoms with van der Waals surface area (Å²) in [6.45, 7) is 0. The molecule has 82 valence electrons. The van der Waals surface area contributed by atoms with Gasteiger partial charge in [-0.05, 0) is 29.3 Å². The summed E-state index contributed by atoms with van der Waals surface area (Å²) >= 11 is 0. The maximum Gasteiger partial charge on any atom is 0.0998 e. The fourth-order valence-corrected chi connectivity index (χ4v) is 1.56. The largest absolute Gasteiger partial charge is 0.399 e. The van der Waals surface area contributed by atoms with Crippen molar-refractivity contribution < 1.29 is 0 Å². The minimum absolute atomic E-state index is 0.648. The smallest absolute Gasteiger partial charge is 0.0998 e. The Morgan fingerprint density at radius 2 is 1.65 bits per heavy atom. The van der Waals surface area contributed by atoms with Crippen LogP contribution in [0.5, 0.6) is 0 Å². The molecule has 0 saturated heterocycles. The van der Waals surface area contributed by atoms with E-state index in [2.05, 4.69) is 6.07 Å². The highest BCUT2D eigenvalue weighted by molar-refractivity contribution is 5.89. The SMILES string of the molecule is N#C/C(=C\c1ccc(N)cc1)c1ccccc1. The molecule has 2 heteroatoms. The first kappa shape index (κ1) is 11.0. The summed E-state index contributed by atoms with van der Waals surface area (Å²) in [5.74, 6) is 0. The molecule has 2 N–H and O–H groups in total. The zero-order valence-corrected chi connectivity index (χ0v) is 9.30. The van der Waals surface area contributed by atoms with Crippen LogP contribution in [0.2, 0.25) is 0 Å². The third-order valence-corrected chi connectivity index (χ3v) is 2.45. The first-order chi connectivity index (χ1) is 8.29. The molecule has 0 heterocycles. The monoisotopic (exact) mass is 220 g/mol. The highest BCUT2D eigenvalue weighted by Gasteiger charge is 1.99. The van der Waals surface area contributed by atoms with Crippen LogP contribution in [0, 0.1) is 11.3 Å². The Balaban J connectivity index is 2.37. The molecule has 0 aromatic heterocycles. The molecule has 0 aliphatic heterocycles. The van der Waals surface area contributed by atoms with Crippen molar-refractivity contribution in [2.45, 2.75) is 0 Å². The van der Waals surface area contributed by atoms with Crippen LogP contribution in [0.25, 0.3) is 11.6 Å². The van der Waals surface area contributed by atoms with Crippen LogP contribution in [0.4, 0.5) is 5.69 Å². The molecule has 0 amide bonds. The second-order valence-corrected chi connectivity index (χ2v) is 3.70. The van der Waals surface area contributed by atoms with E-state index in [0.717, 1.165) is 16.8 Å². The lowest BCUT2D eigenvalue weighted by atomic mass is 10.0. The van der Waals surface area contributed by atoms with Crippen molar-refractivity contribution in [3.8, 4) is 6.07 Å². The van der Waals surface area contributed by atoms with Crippen molar-refractivity contribution in [2.24, 2.45) is 0 Å². The van der Waals surface area contributed by atoms with Gasteiger partial charge in [-0.25, -0.2) is 0 Å². The van der Waals surface area contributed by atoms with Crippen molar-refractivity contribution in [1.29, 1.82) is 5.26 Å². The van der Waals surface area contributed by atoms with Gasteiger partial charge in [0.2, 0.25) is 0 Å². The summed E-state index contributed by atoms with van der Waals surface area (Å²) < 4.78 is 0. The number of allylic oxidation sites excluding steroid dienone is 1. The normalized spacial score (nSPS) is 10.9. The van der Waals surface area contributed by atoms with E-state index in [9.17, 15) is 0 Å². The molecule has 0 unspecified atom stereocenters. The van der Waals surface area contributed by atoms with E-state index in [1.54, 1.807) is 0 Å². The average molecular weight is 220 g/mol. The van der Waals surface area contributed by atoms with Gasteiger partial charge in [0.05, 0.1) is 11.6 Å². The Morgan fingerprint density at radius 1 is 1.00 bits per heavy atom. The molecule has 2 aromatic carbocycles. The second kappa shape index (κ2) is 5.00. The van der Waals surface area contributed by atoms with Crippen molar-refractivity contribution in [1.82, 2.24) is 0 Å². The second-order valence-electron chi connectivity index (χ2n) is 3.70. The summed E-state index contributed by atoms with van der Waals surface area (Å²) in [6, 6.07) is 19.3. The fourth-order valence-electron chi connectivity index (χ4n) is 1.56. The minimum atomic E-state index is 0.648. The molecule has 0 spiro atoms. The van der Waals surface area contributed by atoms with Crippen LogP contribution in [0.3, 0.4) is 0 Å². The summed E-state index contributed by atoms with van der Waals surface area (Å²) in [5.41, 5.74) is 8.88. The van der Waals surface area contributed by atoms with E-state index in [-0.39, 0.29) is 0 Å². The van der Waals surface area contributed by atoms with Gasteiger partial charge < -0.3 is 5.73 Å². The van der Waals surface area contributed by atoms with E-state index in [0.29, 0.717) is 5.57 Å². The minimum Gasteiger partial charge on any atom is -0.399 e. The van der Waals surface area contributed by atoms with E-state index >= 15 is 0 Å². The van der Waals surface area contributed by atoms with Crippen LogP contribution < -0.4 is 5.73 Å². The first-order valence-electron chi connectivity index (χ1n) is 5.32. The van der Waals surface area contributed by atoms with E-state index in [4.69, 9.17) is 11.0 Å². The van der Waals surface area contributed by atoms with E-state index < -0.39 is 0 Å². The van der Waals surface area contributed by atoms with Gasteiger partial charge >= 0.3 is 0 Å². The van der Waals surface area contributed by atoms with Crippen LogP contribution in [-0.2, 0) is 0 Å². The number of nitriles is 1. The molecular formula is C15H12N2. The summed E-state index contributed by atoms with van der Waals surface area (Å²) in [6.07, 6.45) is 1.86. The summed E-state index contributed by atoms with van der Waals surface area (Å²) in [4.78, 5) is 0. The van der Waals surface area contributed by atoms with Crippen molar-refractivity contribution in [3.05, 3.63) is 65.7 Å². The lowest BCUT2D eigenvalue weighted by Crippen LogP contribution is -1.84. The zero-order valence-electron chi connectivity index (χ0n) is 9.30. The fraction of sp³-hybridized carbons (Fsp3) is 0. The highest BCUT2D eigenvalue weighted by atomic mass is 14.5. The molecule has 0 aliphatic carbocycles. The van der Waals surface area contributed by atoms with Crippen molar-refractivity contribution in [2.75, 3.05) is 5.73 Å². The number of anilines is 1. The predicted octanol–water partition coefficient (Wildman–Crippen LogP) is 3.33. The standard InChI is InChI=1S/C15H12N2/c16-11-14(13-4-2-1-3-5-13)10-12-6-8-15(17)9-7-12/h1-10H,17H2/b14-10+. The number of hydrogen-bond donors (Lipinski definition) is 1. The van der Waals surface area contributed by atoms with Gasteiger partial charge in [0.15, 0.2) is 0 Å². The topological polar surface area (TPSA) is 49.8 Å². The van der Waals surface area contributed by atoms with Gasteiger partial charge in [-0.15, -0.1) is 0 Å². The Bertz CT molecular complexity index is 560. The zero-order chi connectivity index (χ0) is 12.1. The van der Waals surface area contributed by atoms with Gasteiger partial charge in [0.25, 0.3) is 0 Å². The molecule has 17 heavy (non-hydrogen) atoms. The Labute approximate surface area is 101 Å². The number of rotatable bonds is 2. The lowest BCUT2D eigenvalue weighted by Gasteiger charge is -1.99. The third kappa shape index (κ3) is 2.73. The molecule has 0 aliphatic rings. The quantitative estimate of drug-likeness (QED) is 0.479. The number of nitrogen functional groups attached to an aromatic ring is 1. The Kier molecular flexibility index (Phi) is 3.23. The van der Waals surface area contributed by atoms with Gasteiger partial charge in [0, 0.05) is 5.69 Å². The average Bonchev–Trinajstić information content (AvgIpc) is 2.39. The van der Waals surface area contributed by atoms with Crippen molar-refractivity contribution >= 4 is 17.3 Å². The third-order valence-electron chi connectivity index (χ3n) is 2.45. The van der Waals surface area contributed by atoms with Crippen LogP contribution in [0.1, 0.15) is 11.1 Å². The first-order valence-corrected chi connectivity index (χ1v) is 5.32. The van der Waals surface area contributed by atoms with Crippen LogP contribution in [-0.4, -0.2) is 0 Å². The number of nitrogens with zero attached hydrogens (tertiary/aromatic N) is 1. The molecule has 0 bridgehead atoms. The molecule has 0 atom stereocenters. The Morgan fingerprint density at radius 3 is 2.24 bits per heavy atom. The Hall–Kier alpha value is -2.53. The number of nitrogens with two attached hydrogens (primary N) is 1. The molecule has 0 saturated carbocycles. The number of benzene rings is 2. The molecular weight excluding hydrogens is 208 g/mol. The van der Waals surface area contributed by atoms with Gasteiger partial charge in [-0.3, -0.25) is 0 Å². The number of hydrogen-bond acceptors (Lipinski definition) is 2. The molecule has 2 rings (SSSR count). The molecule has 0 fully saturated rings. The van der Waals surface area contributed by atoms with E-state index in [1.807, 2.05) is 60.7 Å². The maximum absolute atomic E-state index is 9.15. The molecule has 0 radical (unpaired) electrons. The summed E-state index contributed by atoms with van der Waals surface area (Å²) in [5, 5.41) is 9.15. The van der Waals surface area contributed by atoms with E-state index in [1.165, 1.54) is 0 Å². The molecule has 2 aromatic rings. The maximum atomic E-state index is 9.15. The summed E-state index contributed by atoms with van der Waals surface area (Å²) in [7, 11) is 0. The van der Waals surface area contributed by atoms with Crippen LogP contribution >= 0.6 is 0 Å². The van der Waals surface area contributed by atoms with Gasteiger partial charge in [-0.1, -0.05) is 42.5 Å². The highest BCUT2D eigenvalue weighted by Crippen LogP contribution is 2.17. The predicted molar refractivity (Wildman–Crippen MR) is 70.8 cm³/mol. The van der Waals surface area contributed by atoms with Crippen molar-refractivity contribution in [3.63, 3.8) is 0 Å².